The van der Waals surface area contributed by atoms with E-state index in [1.807, 2.05) is 0 Å². The third kappa shape index (κ3) is 2.33. The average molecular weight is 265 g/mol. The number of aliphatic carboxylic acids is 1. The van der Waals surface area contributed by atoms with Crippen molar-refractivity contribution in [2.75, 3.05) is 14.2 Å². The zero-order chi connectivity index (χ0) is 14.0. The Balaban J connectivity index is 2.27. The van der Waals surface area contributed by atoms with Crippen molar-refractivity contribution in [3.63, 3.8) is 0 Å². The number of benzene rings is 1. The fourth-order valence-corrected chi connectivity index (χ4v) is 1.83. The third-order valence-corrected chi connectivity index (χ3v) is 3.03. The minimum absolute atomic E-state index is 0.206. The number of methoxy groups -OCH3 is 2. The van der Waals surface area contributed by atoms with Crippen molar-refractivity contribution in [3.05, 3.63) is 23.8 Å². The summed E-state index contributed by atoms with van der Waals surface area (Å²) in [4.78, 5) is 16.1. The Bertz CT molecular complexity index is 540. The molecule has 2 rings (SSSR count). The number of hydrogen-bond acceptors (Lipinski definition) is 5. The van der Waals surface area contributed by atoms with E-state index < -0.39 is 11.6 Å². The first-order valence-corrected chi connectivity index (χ1v) is 5.71. The largest absolute Gasteiger partial charge is 0.493 e. The Hall–Kier alpha value is -2.24. The molecule has 19 heavy (non-hydrogen) atoms. The molecule has 1 aromatic rings. The van der Waals surface area contributed by atoms with Gasteiger partial charge < -0.3 is 19.4 Å². The van der Waals surface area contributed by atoms with Crippen LogP contribution in [0.3, 0.4) is 0 Å². The first-order chi connectivity index (χ1) is 9.00. The van der Waals surface area contributed by atoms with Gasteiger partial charge in [-0.05, 0) is 25.1 Å². The number of carboxylic acid groups (broad SMARTS) is 1. The van der Waals surface area contributed by atoms with E-state index in [9.17, 15) is 4.79 Å². The van der Waals surface area contributed by atoms with Gasteiger partial charge in [0.25, 0.3) is 0 Å². The zero-order valence-corrected chi connectivity index (χ0v) is 11.0. The quantitative estimate of drug-likeness (QED) is 0.896. The van der Waals surface area contributed by atoms with Gasteiger partial charge in [0.05, 0.1) is 19.9 Å². The van der Waals surface area contributed by atoms with E-state index in [0.717, 1.165) is 5.56 Å². The Morgan fingerprint density at radius 1 is 1.37 bits per heavy atom. The molecule has 6 nitrogen and oxygen atoms in total. The fraction of sp³-hybridized carbons (Fsp3) is 0.385. The van der Waals surface area contributed by atoms with Gasteiger partial charge in [0.1, 0.15) is 0 Å². The van der Waals surface area contributed by atoms with Crippen molar-refractivity contribution in [2.24, 2.45) is 5.16 Å². The highest BCUT2D eigenvalue weighted by Crippen LogP contribution is 2.32. The van der Waals surface area contributed by atoms with E-state index in [0.29, 0.717) is 17.2 Å². The first kappa shape index (κ1) is 13.2. The normalized spacial score (nSPS) is 21.5. The minimum atomic E-state index is -1.30. The molecular formula is C13H15NO5. The molecule has 1 aromatic carbocycles. The van der Waals surface area contributed by atoms with Gasteiger partial charge in [-0.15, -0.1) is 0 Å². The van der Waals surface area contributed by atoms with Crippen molar-refractivity contribution < 1.29 is 24.2 Å². The van der Waals surface area contributed by atoms with Crippen molar-refractivity contribution in [3.8, 4) is 11.5 Å². The summed E-state index contributed by atoms with van der Waals surface area (Å²) in [5.41, 5.74) is 0.0242. The monoisotopic (exact) mass is 265 g/mol. The van der Waals surface area contributed by atoms with Gasteiger partial charge >= 0.3 is 5.97 Å². The zero-order valence-electron chi connectivity index (χ0n) is 11.0. The highest BCUT2D eigenvalue weighted by atomic mass is 16.7. The second-order valence-electron chi connectivity index (χ2n) is 4.41. The van der Waals surface area contributed by atoms with Crippen LogP contribution in [-0.4, -0.2) is 36.6 Å². The van der Waals surface area contributed by atoms with Crippen LogP contribution < -0.4 is 9.47 Å². The van der Waals surface area contributed by atoms with E-state index >= 15 is 0 Å². The SMILES string of the molecule is COc1ccc(C2=NO[C@@](C)(C(=O)O)C2)cc1OC. The van der Waals surface area contributed by atoms with Crippen molar-refractivity contribution in [2.45, 2.75) is 18.9 Å². The number of hydrogen-bond donors (Lipinski definition) is 1. The first-order valence-electron chi connectivity index (χ1n) is 5.71. The number of carboxylic acids is 1. The molecule has 0 saturated heterocycles. The topological polar surface area (TPSA) is 77.4 Å². The molecule has 0 radical (unpaired) electrons. The van der Waals surface area contributed by atoms with Gasteiger partial charge in [-0.1, -0.05) is 5.16 Å². The summed E-state index contributed by atoms with van der Waals surface area (Å²) < 4.78 is 10.3. The Labute approximate surface area is 110 Å². The standard InChI is InChI=1S/C13H15NO5/c1-13(12(15)16)7-9(14-19-13)8-4-5-10(17-2)11(6-8)18-3/h4-6H,7H2,1-3H3,(H,15,16)/t13-/m1/s1. The summed E-state index contributed by atoms with van der Waals surface area (Å²) in [6.07, 6.45) is 0.206. The number of oxime groups is 1. The summed E-state index contributed by atoms with van der Waals surface area (Å²) in [7, 11) is 3.09. The van der Waals surface area contributed by atoms with Crippen LogP contribution >= 0.6 is 0 Å². The molecule has 0 fully saturated rings. The van der Waals surface area contributed by atoms with Crippen LogP contribution in [-0.2, 0) is 9.63 Å². The lowest BCUT2D eigenvalue weighted by Gasteiger charge is -2.14. The maximum Gasteiger partial charge on any atom is 0.351 e. The summed E-state index contributed by atoms with van der Waals surface area (Å²) in [5, 5.41) is 12.9. The highest BCUT2D eigenvalue weighted by molar-refractivity contribution is 6.04. The Morgan fingerprint density at radius 2 is 2.05 bits per heavy atom. The molecule has 0 aromatic heterocycles. The van der Waals surface area contributed by atoms with Gasteiger partial charge in [0.2, 0.25) is 5.60 Å². The van der Waals surface area contributed by atoms with Crippen LogP contribution in [0, 0.1) is 0 Å². The molecular weight excluding hydrogens is 250 g/mol. The number of ether oxygens (including phenoxy) is 2. The number of nitrogens with zero attached hydrogens (tertiary/aromatic N) is 1. The molecule has 0 bridgehead atoms. The predicted molar refractivity (Wildman–Crippen MR) is 67.8 cm³/mol. The van der Waals surface area contributed by atoms with Crippen LogP contribution in [0.15, 0.2) is 23.4 Å². The molecule has 6 heteroatoms. The second kappa shape index (κ2) is 4.79. The highest BCUT2D eigenvalue weighted by Gasteiger charge is 2.42. The molecule has 0 saturated carbocycles. The van der Waals surface area contributed by atoms with Gasteiger partial charge in [0.15, 0.2) is 11.5 Å². The summed E-state index contributed by atoms with van der Waals surface area (Å²) in [6, 6.07) is 5.28. The molecule has 0 unspecified atom stereocenters. The van der Waals surface area contributed by atoms with Gasteiger partial charge in [-0.2, -0.15) is 0 Å². The summed E-state index contributed by atoms with van der Waals surface area (Å²) >= 11 is 0. The van der Waals surface area contributed by atoms with Crippen LogP contribution in [0.1, 0.15) is 18.9 Å². The van der Waals surface area contributed by atoms with Crippen molar-refractivity contribution in [1.29, 1.82) is 0 Å². The Morgan fingerprint density at radius 3 is 2.58 bits per heavy atom. The van der Waals surface area contributed by atoms with Crippen LogP contribution in [0.2, 0.25) is 0 Å². The molecule has 1 aliphatic heterocycles. The van der Waals surface area contributed by atoms with E-state index in [2.05, 4.69) is 5.16 Å². The van der Waals surface area contributed by atoms with Crippen LogP contribution in [0.4, 0.5) is 0 Å². The maximum absolute atomic E-state index is 11.1. The lowest BCUT2D eigenvalue weighted by atomic mass is 9.96. The summed E-state index contributed by atoms with van der Waals surface area (Å²) in [5.74, 6) is 0.130. The Kier molecular flexibility index (Phi) is 3.33. The molecule has 0 spiro atoms. The van der Waals surface area contributed by atoms with Crippen molar-refractivity contribution >= 4 is 11.7 Å². The molecule has 1 N–H and O–H groups in total. The molecule has 0 amide bonds. The average Bonchev–Trinajstić information content (AvgIpc) is 2.82. The number of carbonyl (C=O) groups is 1. The maximum atomic E-state index is 11.1. The van der Waals surface area contributed by atoms with E-state index in [4.69, 9.17) is 19.4 Å². The van der Waals surface area contributed by atoms with Gasteiger partial charge in [-0.3, -0.25) is 0 Å². The van der Waals surface area contributed by atoms with E-state index in [-0.39, 0.29) is 6.42 Å². The third-order valence-electron chi connectivity index (χ3n) is 3.03. The lowest BCUT2D eigenvalue weighted by Crippen LogP contribution is -2.35. The molecule has 1 aliphatic rings. The predicted octanol–water partition coefficient (Wildman–Crippen LogP) is 1.67. The minimum Gasteiger partial charge on any atom is -0.493 e. The second-order valence-corrected chi connectivity index (χ2v) is 4.41. The lowest BCUT2D eigenvalue weighted by molar-refractivity contribution is -0.160. The van der Waals surface area contributed by atoms with Crippen LogP contribution in [0.25, 0.3) is 0 Å². The molecule has 102 valence electrons. The fourth-order valence-electron chi connectivity index (χ4n) is 1.83. The van der Waals surface area contributed by atoms with E-state index in [1.165, 1.54) is 14.0 Å². The molecule has 1 atom stereocenters. The van der Waals surface area contributed by atoms with Gasteiger partial charge in [0, 0.05) is 12.0 Å². The smallest absolute Gasteiger partial charge is 0.351 e. The number of rotatable bonds is 4. The van der Waals surface area contributed by atoms with E-state index in [1.54, 1.807) is 25.3 Å². The molecule has 0 aliphatic carbocycles. The molecule has 1 heterocycles. The summed E-state index contributed by atoms with van der Waals surface area (Å²) in [6.45, 7) is 1.49. The van der Waals surface area contributed by atoms with Gasteiger partial charge in [-0.25, -0.2) is 4.79 Å². The van der Waals surface area contributed by atoms with Crippen LogP contribution in [0.5, 0.6) is 11.5 Å². The van der Waals surface area contributed by atoms with Crippen molar-refractivity contribution in [1.82, 2.24) is 0 Å².